The molecule has 3 rings (SSSR count). The Balaban J connectivity index is 1.59. The van der Waals surface area contributed by atoms with E-state index >= 15 is 0 Å². The van der Waals surface area contributed by atoms with Gasteiger partial charge >= 0.3 is 0 Å². The van der Waals surface area contributed by atoms with Gasteiger partial charge in [0.1, 0.15) is 0 Å². The highest BCUT2D eigenvalue weighted by atomic mass is 16.5. The van der Waals surface area contributed by atoms with Crippen LogP contribution in [-0.2, 0) is 11.2 Å². The standard InChI is InChI=1S/C21H26N2O3/c1-25-19-11-6-16(14-20(19)26-2)15-21(24)22-17-7-9-18(10-8-17)23-12-4-3-5-13-23/h6-11,14H,3-5,12-13,15H2,1-2H3,(H,22,24). The predicted molar refractivity (Wildman–Crippen MR) is 104 cm³/mol. The van der Waals surface area contributed by atoms with E-state index in [1.54, 1.807) is 14.2 Å². The van der Waals surface area contributed by atoms with Gasteiger partial charge in [0.2, 0.25) is 5.91 Å². The summed E-state index contributed by atoms with van der Waals surface area (Å²) in [6.07, 6.45) is 4.11. The number of piperidine rings is 1. The first-order valence-electron chi connectivity index (χ1n) is 9.05. The van der Waals surface area contributed by atoms with Gasteiger partial charge in [-0.25, -0.2) is 0 Å². The Bertz CT molecular complexity index is 737. The van der Waals surface area contributed by atoms with Gasteiger partial charge in [0, 0.05) is 24.5 Å². The van der Waals surface area contributed by atoms with Crippen molar-refractivity contribution in [3.8, 4) is 11.5 Å². The Kier molecular flexibility index (Phi) is 6.00. The molecule has 0 aromatic heterocycles. The Hall–Kier alpha value is -2.69. The van der Waals surface area contributed by atoms with E-state index in [1.807, 2.05) is 30.3 Å². The number of carbonyl (C=O) groups excluding carboxylic acids is 1. The number of carbonyl (C=O) groups is 1. The van der Waals surface area contributed by atoms with Crippen LogP contribution < -0.4 is 19.7 Å². The van der Waals surface area contributed by atoms with Crippen LogP contribution in [0.1, 0.15) is 24.8 Å². The van der Waals surface area contributed by atoms with Crippen LogP contribution >= 0.6 is 0 Å². The van der Waals surface area contributed by atoms with Gasteiger partial charge in [0.25, 0.3) is 0 Å². The van der Waals surface area contributed by atoms with Gasteiger partial charge in [0.15, 0.2) is 11.5 Å². The van der Waals surface area contributed by atoms with Crippen LogP contribution in [0, 0.1) is 0 Å². The third kappa shape index (κ3) is 4.48. The van der Waals surface area contributed by atoms with Crippen LogP contribution in [0.4, 0.5) is 11.4 Å². The van der Waals surface area contributed by atoms with E-state index in [0.29, 0.717) is 11.5 Å². The number of rotatable bonds is 6. The summed E-state index contributed by atoms with van der Waals surface area (Å²) >= 11 is 0. The molecule has 0 atom stereocenters. The molecule has 0 radical (unpaired) electrons. The summed E-state index contributed by atoms with van der Waals surface area (Å²) < 4.78 is 10.5. The molecule has 1 saturated heterocycles. The van der Waals surface area contributed by atoms with E-state index in [1.165, 1.54) is 24.9 Å². The quantitative estimate of drug-likeness (QED) is 0.855. The molecule has 1 heterocycles. The molecule has 138 valence electrons. The summed E-state index contributed by atoms with van der Waals surface area (Å²) in [5.41, 5.74) is 2.92. The normalized spacial score (nSPS) is 14.0. The number of ether oxygens (including phenoxy) is 2. The summed E-state index contributed by atoms with van der Waals surface area (Å²) in [6, 6.07) is 13.6. The van der Waals surface area contributed by atoms with E-state index in [4.69, 9.17) is 9.47 Å². The number of benzene rings is 2. The molecule has 2 aromatic rings. The lowest BCUT2D eigenvalue weighted by molar-refractivity contribution is -0.115. The Morgan fingerprint density at radius 1 is 0.962 bits per heavy atom. The number of methoxy groups -OCH3 is 2. The van der Waals surface area contributed by atoms with Crippen LogP contribution in [0.2, 0.25) is 0 Å². The van der Waals surface area contributed by atoms with Crippen LogP contribution in [0.3, 0.4) is 0 Å². The summed E-state index contributed by atoms with van der Waals surface area (Å²) in [7, 11) is 3.18. The van der Waals surface area contributed by atoms with E-state index in [-0.39, 0.29) is 12.3 Å². The topological polar surface area (TPSA) is 50.8 Å². The molecule has 0 saturated carbocycles. The number of hydrogen-bond donors (Lipinski definition) is 1. The van der Waals surface area contributed by atoms with Crippen molar-refractivity contribution >= 4 is 17.3 Å². The number of anilines is 2. The smallest absolute Gasteiger partial charge is 0.228 e. The van der Waals surface area contributed by atoms with Crippen LogP contribution in [0.15, 0.2) is 42.5 Å². The van der Waals surface area contributed by atoms with Gasteiger partial charge in [-0.3, -0.25) is 4.79 Å². The van der Waals surface area contributed by atoms with Crippen molar-refractivity contribution in [2.24, 2.45) is 0 Å². The molecule has 5 nitrogen and oxygen atoms in total. The minimum Gasteiger partial charge on any atom is -0.493 e. The number of nitrogens with zero attached hydrogens (tertiary/aromatic N) is 1. The molecule has 0 aliphatic carbocycles. The average Bonchev–Trinajstić information content (AvgIpc) is 2.69. The fourth-order valence-corrected chi connectivity index (χ4v) is 3.29. The molecule has 1 N–H and O–H groups in total. The first kappa shape index (κ1) is 18.1. The summed E-state index contributed by atoms with van der Waals surface area (Å²) in [4.78, 5) is 14.7. The third-order valence-electron chi connectivity index (χ3n) is 4.68. The Labute approximate surface area is 154 Å². The monoisotopic (exact) mass is 354 g/mol. The van der Waals surface area contributed by atoms with Crippen LogP contribution in [-0.4, -0.2) is 33.2 Å². The second-order valence-electron chi connectivity index (χ2n) is 6.51. The van der Waals surface area contributed by atoms with E-state index in [9.17, 15) is 4.79 Å². The van der Waals surface area contributed by atoms with Crippen molar-refractivity contribution in [1.82, 2.24) is 0 Å². The fourth-order valence-electron chi connectivity index (χ4n) is 3.29. The van der Waals surface area contributed by atoms with Crippen molar-refractivity contribution < 1.29 is 14.3 Å². The maximum absolute atomic E-state index is 12.3. The second-order valence-corrected chi connectivity index (χ2v) is 6.51. The molecule has 1 aliphatic heterocycles. The molecule has 0 bridgehead atoms. The average molecular weight is 354 g/mol. The molecule has 2 aromatic carbocycles. The molecular weight excluding hydrogens is 328 g/mol. The maximum Gasteiger partial charge on any atom is 0.228 e. The van der Waals surface area contributed by atoms with Crippen molar-refractivity contribution in [2.75, 3.05) is 37.5 Å². The van der Waals surface area contributed by atoms with E-state index in [0.717, 1.165) is 24.3 Å². The SMILES string of the molecule is COc1ccc(CC(=O)Nc2ccc(N3CCCCC3)cc2)cc1OC. The molecule has 0 unspecified atom stereocenters. The number of hydrogen-bond acceptors (Lipinski definition) is 4. The Morgan fingerprint density at radius 3 is 2.31 bits per heavy atom. The fraction of sp³-hybridized carbons (Fsp3) is 0.381. The van der Waals surface area contributed by atoms with Crippen molar-refractivity contribution in [2.45, 2.75) is 25.7 Å². The number of amides is 1. The van der Waals surface area contributed by atoms with E-state index < -0.39 is 0 Å². The van der Waals surface area contributed by atoms with Gasteiger partial charge in [-0.2, -0.15) is 0 Å². The minimum absolute atomic E-state index is 0.0528. The zero-order valence-electron chi connectivity index (χ0n) is 15.5. The van der Waals surface area contributed by atoms with Crippen molar-refractivity contribution in [3.05, 3.63) is 48.0 Å². The first-order chi connectivity index (χ1) is 12.7. The molecule has 0 spiro atoms. The highest BCUT2D eigenvalue weighted by Gasteiger charge is 2.12. The van der Waals surface area contributed by atoms with Gasteiger partial charge in [-0.15, -0.1) is 0 Å². The predicted octanol–water partition coefficient (Wildman–Crippen LogP) is 3.88. The number of nitrogens with one attached hydrogen (secondary N) is 1. The van der Waals surface area contributed by atoms with Crippen molar-refractivity contribution in [1.29, 1.82) is 0 Å². The zero-order chi connectivity index (χ0) is 18.4. The lowest BCUT2D eigenvalue weighted by Crippen LogP contribution is -2.29. The lowest BCUT2D eigenvalue weighted by atomic mass is 10.1. The highest BCUT2D eigenvalue weighted by molar-refractivity contribution is 5.92. The molecule has 26 heavy (non-hydrogen) atoms. The molecule has 5 heteroatoms. The third-order valence-corrected chi connectivity index (χ3v) is 4.68. The van der Waals surface area contributed by atoms with Crippen LogP contribution in [0.25, 0.3) is 0 Å². The summed E-state index contributed by atoms with van der Waals surface area (Å²) in [5, 5.41) is 2.96. The highest BCUT2D eigenvalue weighted by Crippen LogP contribution is 2.28. The molecule has 1 amide bonds. The van der Waals surface area contributed by atoms with Gasteiger partial charge in [0.05, 0.1) is 20.6 Å². The summed E-state index contributed by atoms with van der Waals surface area (Å²) in [5.74, 6) is 1.23. The molecular formula is C21H26N2O3. The largest absolute Gasteiger partial charge is 0.493 e. The molecule has 1 fully saturated rings. The summed E-state index contributed by atoms with van der Waals surface area (Å²) in [6.45, 7) is 2.23. The second kappa shape index (κ2) is 8.61. The van der Waals surface area contributed by atoms with Crippen LogP contribution in [0.5, 0.6) is 11.5 Å². The minimum atomic E-state index is -0.0528. The van der Waals surface area contributed by atoms with Gasteiger partial charge < -0.3 is 19.7 Å². The Morgan fingerprint density at radius 2 is 1.65 bits per heavy atom. The van der Waals surface area contributed by atoms with Gasteiger partial charge in [-0.05, 0) is 61.2 Å². The van der Waals surface area contributed by atoms with Crippen molar-refractivity contribution in [3.63, 3.8) is 0 Å². The zero-order valence-corrected chi connectivity index (χ0v) is 15.5. The lowest BCUT2D eigenvalue weighted by Gasteiger charge is -2.28. The van der Waals surface area contributed by atoms with Gasteiger partial charge in [-0.1, -0.05) is 6.07 Å². The first-order valence-corrected chi connectivity index (χ1v) is 9.05. The molecule has 1 aliphatic rings. The maximum atomic E-state index is 12.3. The van der Waals surface area contributed by atoms with E-state index in [2.05, 4.69) is 22.3 Å².